The maximum absolute atomic E-state index is 12.8. The summed E-state index contributed by atoms with van der Waals surface area (Å²) in [4.78, 5) is 12.9. The van der Waals surface area contributed by atoms with Crippen LogP contribution in [0.5, 0.6) is 0 Å². The van der Waals surface area contributed by atoms with E-state index in [4.69, 9.17) is 5.11 Å². The molecule has 1 fully saturated rings. The van der Waals surface area contributed by atoms with Gasteiger partial charge in [-0.3, -0.25) is 0 Å². The van der Waals surface area contributed by atoms with E-state index in [2.05, 4.69) is 0 Å². The molecule has 0 aromatic heterocycles. The van der Waals surface area contributed by atoms with Crippen molar-refractivity contribution in [3.8, 4) is 0 Å². The molecule has 0 unspecified atom stereocenters. The maximum atomic E-state index is 12.8. The highest BCUT2D eigenvalue weighted by molar-refractivity contribution is 5.91. The third-order valence-corrected chi connectivity index (χ3v) is 3.82. The van der Waals surface area contributed by atoms with Gasteiger partial charge in [0.1, 0.15) is 0 Å². The minimum atomic E-state index is -4.65. The van der Waals surface area contributed by atoms with Crippen LogP contribution in [0.1, 0.15) is 41.6 Å². The quantitative estimate of drug-likeness (QED) is 0.919. The molecule has 1 aromatic rings. The molecule has 1 aliphatic rings. The largest absolute Gasteiger partial charge is 0.478 e. The summed E-state index contributed by atoms with van der Waals surface area (Å²) in [6.45, 7) is 0. The van der Waals surface area contributed by atoms with Crippen LogP contribution in [-0.2, 0) is 6.18 Å². The summed E-state index contributed by atoms with van der Waals surface area (Å²) < 4.78 is 38.3. The monoisotopic (exact) mass is 287 g/mol. The van der Waals surface area contributed by atoms with Crippen LogP contribution >= 0.6 is 0 Å². The Morgan fingerprint density at radius 2 is 1.90 bits per heavy atom. The molecule has 2 rings (SSSR count). The molecule has 0 bridgehead atoms. The number of carbonyl (C=O) groups is 1. The van der Waals surface area contributed by atoms with Crippen molar-refractivity contribution in [2.45, 2.75) is 37.9 Å². The molecule has 0 radical (unpaired) electrons. The average Bonchev–Trinajstić information content (AvgIpc) is 2.89. The minimum absolute atomic E-state index is 0.272. The van der Waals surface area contributed by atoms with Crippen molar-refractivity contribution in [3.63, 3.8) is 0 Å². The second-order valence-electron chi connectivity index (χ2n) is 5.08. The van der Waals surface area contributed by atoms with Crippen molar-refractivity contribution in [3.05, 3.63) is 29.3 Å². The van der Waals surface area contributed by atoms with Crippen molar-refractivity contribution in [1.82, 2.24) is 0 Å². The Hall–Kier alpha value is -1.72. The number of hydrogen-bond acceptors (Lipinski definition) is 2. The number of benzene rings is 1. The number of alkyl halides is 3. The molecular weight excluding hydrogens is 271 g/mol. The fraction of sp³-hybridized carbons (Fsp3) is 0.500. The number of nitrogens with zero attached hydrogens (tertiary/aromatic N) is 1. The Morgan fingerprint density at radius 3 is 2.40 bits per heavy atom. The number of halogens is 3. The molecule has 0 spiro atoms. The summed E-state index contributed by atoms with van der Waals surface area (Å²) in [7, 11) is 1.80. The minimum Gasteiger partial charge on any atom is -0.478 e. The van der Waals surface area contributed by atoms with Gasteiger partial charge in [0.2, 0.25) is 0 Å². The van der Waals surface area contributed by atoms with Gasteiger partial charge < -0.3 is 10.0 Å². The number of hydrogen-bond donors (Lipinski definition) is 1. The lowest BCUT2D eigenvalue weighted by Crippen LogP contribution is -2.29. The van der Waals surface area contributed by atoms with Crippen LogP contribution in [0.2, 0.25) is 0 Å². The van der Waals surface area contributed by atoms with Gasteiger partial charge in [0.05, 0.1) is 11.1 Å². The zero-order valence-corrected chi connectivity index (χ0v) is 11.1. The molecule has 0 aliphatic heterocycles. The number of aromatic carboxylic acids is 1. The van der Waals surface area contributed by atoms with Crippen LogP contribution in [0.4, 0.5) is 18.9 Å². The fourth-order valence-corrected chi connectivity index (χ4v) is 2.68. The fourth-order valence-electron chi connectivity index (χ4n) is 2.68. The maximum Gasteiger partial charge on any atom is 0.417 e. The highest BCUT2D eigenvalue weighted by Gasteiger charge is 2.35. The first-order valence-electron chi connectivity index (χ1n) is 6.48. The molecule has 0 atom stereocenters. The smallest absolute Gasteiger partial charge is 0.417 e. The van der Waals surface area contributed by atoms with Crippen molar-refractivity contribution in [1.29, 1.82) is 0 Å². The summed E-state index contributed by atoms with van der Waals surface area (Å²) in [5.41, 5.74) is -1.28. The number of carboxylic acid groups (broad SMARTS) is 1. The molecule has 1 aromatic carbocycles. The number of rotatable bonds is 3. The highest BCUT2D eigenvalue weighted by atomic mass is 19.4. The van der Waals surface area contributed by atoms with Crippen LogP contribution in [0.15, 0.2) is 18.2 Å². The van der Waals surface area contributed by atoms with Gasteiger partial charge in [-0.2, -0.15) is 13.2 Å². The second-order valence-corrected chi connectivity index (χ2v) is 5.08. The molecule has 3 nitrogen and oxygen atoms in total. The summed E-state index contributed by atoms with van der Waals surface area (Å²) >= 11 is 0. The molecule has 1 saturated carbocycles. The standard InChI is InChI=1S/C14H16F3NO2/c1-18(9-4-2-3-5-9)10-6-7-12(14(15,16)17)11(8-10)13(19)20/h6-9H,2-5H2,1H3,(H,19,20). The van der Waals surface area contributed by atoms with E-state index in [9.17, 15) is 18.0 Å². The predicted molar refractivity (Wildman–Crippen MR) is 69.1 cm³/mol. The zero-order chi connectivity index (χ0) is 14.9. The molecule has 1 N–H and O–H groups in total. The average molecular weight is 287 g/mol. The number of anilines is 1. The summed E-state index contributed by atoms with van der Waals surface area (Å²) in [5.74, 6) is -1.56. The Bertz CT molecular complexity index is 508. The Kier molecular flexibility index (Phi) is 3.92. The zero-order valence-electron chi connectivity index (χ0n) is 11.1. The number of carboxylic acids is 1. The van der Waals surface area contributed by atoms with Crippen LogP contribution < -0.4 is 4.90 Å². The van der Waals surface area contributed by atoms with E-state index in [1.807, 2.05) is 4.90 Å². The molecular formula is C14H16F3NO2. The third kappa shape index (κ3) is 2.89. The van der Waals surface area contributed by atoms with Crippen molar-refractivity contribution in [2.75, 3.05) is 11.9 Å². The Morgan fingerprint density at radius 1 is 1.30 bits per heavy atom. The Labute approximate surface area is 115 Å². The van der Waals surface area contributed by atoms with E-state index in [1.54, 1.807) is 7.05 Å². The van der Waals surface area contributed by atoms with Gasteiger partial charge in [0.25, 0.3) is 0 Å². The van der Waals surface area contributed by atoms with E-state index >= 15 is 0 Å². The van der Waals surface area contributed by atoms with Crippen molar-refractivity contribution < 1.29 is 23.1 Å². The van der Waals surface area contributed by atoms with E-state index in [-0.39, 0.29) is 6.04 Å². The lowest BCUT2D eigenvalue weighted by atomic mass is 10.0. The van der Waals surface area contributed by atoms with Crippen LogP contribution in [0.25, 0.3) is 0 Å². The van der Waals surface area contributed by atoms with Gasteiger partial charge in [-0.05, 0) is 31.0 Å². The van der Waals surface area contributed by atoms with Crippen LogP contribution in [0.3, 0.4) is 0 Å². The first kappa shape index (κ1) is 14.7. The molecule has 6 heteroatoms. The van der Waals surface area contributed by atoms with E-state index in [0.717, 1.165) is 37.8 Å². The van der Waals surface area contributed by atoms with Gasteiger partial charge in [-0.1, -0.05) is 12.8 Å². The van der Waals surface area contributed by atoms with Gasteiger partial charge in [-0.15, -0.1) is 0 Å². The molecule has 110 valence electrons. The molecule has 1 aliphatic carbocycles. The SMILES string of the molecule is CN(c1ccc(C(F)(F)F)c(C(=O)O)c1)C1CCCC1. The summed E-state index contributed by atoms with van der Waals surface area (Å²) in [6.07, 6.45) is -0.485. The van der Waals surface area contributed by atoms with Crippen LogP contribution in [-0.4, -0.2) is 24.2 Å². The van der Waals surface area contributed by atoms with Crippen molar-refractivity contribution >= 4 is 11.7 Å². The van der Waals surface area contributed by atoms with Gasteiger partial charge in [-0.25, -0.2) is 4.79 Å². The molecule has 0 amide bonds. The van der Waals surface area contributed by atoms with Gasteiger partial charge in [0.15, 0.2) is 0 Å². The lowest BCUT2D eigenvalue weighted by Gasteiger charge is -2.27. The summed E-state index contributed by atoms with van der Waals surface area (Å²) in [5, 5.41) is 8.98. The molecule has 0 heterocycles. The Balaban J connectivity index is 2.37. The molecule has 0 saturated heterocycles. The first-order chi connectivity index (χ1) is 9.30. The highest BCUT2D eigenvalue weighted by Crippen LogP contribution is 2.35. The topological polar surface area (TPSA) is 40.5 Å². The normalized spacial score (nSPS) is 16.4. The predicted octanol–water partition coefficient (Wildman–Crippen LogP) is 3.78. The van der Waals surface area contributed by atoms with Gasteiger partial charge in [0, 0.05) is 18.8 Å². The van der Waals surface area contributed by atoms with Gasteiger partial charge >= 0.3 is 12.1 Å². The van der Waals surface area contributed by atoms with E-state index in [1.165, 1.54) is 6.07 Å². The second kappa shape index (κ2) is 5.34. The van der Waals surface area contributed by atoms with E-state index < -0.39 is 23.3 Å². The van der Waals surface area contributed by atoms with E-state index in [0.29, 0.717) is 5.69 Å². The van der Waals surface area contributed by atoms with Crippen LogP contribution in [0, 0.1) is 0 Å². The lowest BCUT2D eigenvalue weighted by molar-refractivity contribution is -0.138. The summed E-state index contributed by atoms with van der Waals surface area (Å²) in [6, 6.07) is 3.58. The third-order valence-electron chi connectivity index (χ3n) is 3.82. The molecule has 20 heavy (non-hydrogen) atoms. The van der Waals surface area contributed by atoms with Crippen molar-refractivity contribution in [2.24, 2.45) is 0 Å². The first-order valence-corrected chi connectivity index (χ1v) is 6.48.